The number of nitro benzene ring substituents is 1. The van der Waals surface area contributed by atoms with Gasteiger partial charge in [0, 0.05) is 10.7 Å². The van der Waals surface area contributed by atoms with Crippen molar-refractivity contribution >= 4 is 52.2 Å². The molecule has 28 heavy (non-hydrogen) atoms. The fourth-order valence-electron chi connectivity index (χ4n) is 2.27. The molecule has 2 N–H and O–H groups in total. The van der Waals surface area contributed by atoms with Gasteiger partial charge in [-0.3, -0.25) is 19.7 Å². The molecule has 0 aliphatic rings. The van der Waals surface area contributed by atoms with Crippen LogP contribution in [0, 0.1) is 17.0 Å². The zero-order valence-corrected chi connectivity index (χ0v) is 16.7. The molecular weight excluding hydrogens is 406 g/mol. The van der Waals surface area contributed by atoms with Crippen molar-refractivity contribution in [3.8, 4) is 5.75 Å². The van der Waals surface area contributed by atoms with Crippen molar-refractivity contribution in [3.05, 3.63) is 57.1 Å². The minimum absolute atomic E-state index is 0.0315. The Morgan fingerprint density at radius 3 is 2.29 bits per heavy atom. The Morgan fingerprint density at radius 2 is 1.71 bits per heavy atom. The van der Waals surface area contributed by atoms with Crippen LogP contribution in [0.3, 0.4) is 0 Å². The number of nitrogens with zero attached hydrogens (tertiary/aromatic N) is 1. The number of nitro groups is 1. The van der Waals surface area contributed by atoms with E-state index in [4.69, 9.17) is 16.3 Å². The third-order valence-electron chi connectivity index (χ3n) is 3.60. The summed E-state index contributed by atoms with van der Waals surface area (Å²) in [5.74, 6) is -0.378. The molecule has 2 aromatic rings. The van der Waals surface area contributed by atoms with E-state index < -0.39 is 10.8 Å². The van der Waals surface area contributed by atoms with Gasteiger partial charge in [0.2, 0.25) is 11.8 Å². The molecule has 0 unspecified atom stereocenters. The van der Waals surface area contributed by atoms with Gasteiger partial charge >= 0.3 is 0 Å². The smallest absolute Gasteiger partial charge is 0.296 e. The van der Waals surface area contributed by atoms with Crippen molar-refractivity contribution in [2.45, 2.75) is 6.92 Å². The van der Waals surface area contributed by atoms with Crippen LogP contribution in [0.5, 0.6) is 5.75 Å². The van der Waals surface area contributed by atoms with E-state index >= 15 is 0 Å². The van der Waals surface area contributed by atoms with Gasteiger partial charge in [0.05, 0.1) is 29.6 Å². The Hall–Kier alpha value is -2.78. The quantitative estimate of drug-likeness (QED) is 0.492. The topological polar surface area (TPSA) is 111 Å². The normalized spacial score (nSPS) is 10.2. The summed E-state index contributed by atoms with van der Waals surface area (Å²) in [5, 5.41) is 16.9. The lowest BCUT2D eigenvalue weighted by Crippen LogP contribution is -2.19. The fourth-order valence-corrected chi connectivity index (χ4v) is 3.12. The minimum atomic E-state index is -0.604. The van der Waals surface area contributed by atoms with Crippen LogP contribution in [-0.4, -0.2) is 35.4 Å². The largest absolute Gasteiger partial charge is 0.496 e. The number of amides is 2. The first-order valence-electron chi connectivity index (χ1n) is 8.06. The number of nitrogens with one attached hydrogen (secondary N) is 2. The molecule has 0 saturated heterocycles. The van der Waals surface area contributed by atoms with Crippen molar-refractivity contribution in [2.24, 2.45) is 0 Å². The summed E-state index contributed by atoms with van der Waals surface area (Å²) in [7, 11) is 1.39. The summed E-state index contributed by atoms with van der Waals surface area (Å²) in [6, 6.07) is 9.25. The molecule has 10 heteroatoms. The van der Waals surface area contributed by atoms with Crippen LogP contribution in [0.25, 0.3) is 0 Å². The van der Waals surface area contributed by atoms with Gasteiger partial charge in [0.25, 0.3) is 5.69 Å². The van der Waals surface area contributed by atoms with Crippen molar-refractivity contribution < 1.29 is 19.2 Å². The molecule has 0 saturated carbocycles. The van der Waals surface area contributed by atoms with Crippen LogP contribution in [0.4, 0.5) is 17.1 Å². The maximum atomic E-state index is 12.0. The van der Waals surface area contributed by atoms with Crippen LogP contribution in [-0.2, 0) is 9.59 Å². The Labute approximate surface area is 170 Å². The lowest BCUT2D eigenvalue weighted by molar-refractivity contribution is -0.384. The highest BCUT2D eigenvalue weighted by molar-refractivity contribution is 8.00. The van der Waals surface area contributed by atoms with Gasteiger partial charge in [-0.25, -0.2) is 0 Å². The standard InChI is InChI=1S/C18H18ClN3O5S/c1-11-7-12(19)3-5-14(11)20-17(23)9-28-10-18(24)21-15-6-4-13(27-2)8-16(15)22(25)26/h3-8H,9-10H2,1-2H3,(H,20,23)(H,21,24). The molecule has 0 fully saturated rings. The fraction of sp³-hybridized carbons (Fsp3) is 0.222. The number of anilines is 2. The van der Waals surface area contributed by atoms with Crippen molar-refractivity contribution in [1.29, 1.82) is 0 Å². The number of hydrogen-bond acceptors (Lipinski definition) is 6. The van der Waals surface area contributed by atoms with Gasteiger partial charge in [-0.1, -0.05) is 11.6 Å². The predicted octanol–water partition coefficient (Wildman–Crippen LogP) is 3.88. The minimum Gasteiger partial charge on any atom is -0.496 e. The molecule has 0 aliphatic heterocycles. The van der Waals surface area contributed by atoms with Gasteiger partial charge < -0.3 is 15.4 Å². The van der Waals surface area contributed by atoms with Crippen LogP contribution < -0.4 is 15.4 Å². The molecule has 2 aromatic carbocycles. The number of aryl methyl sites for hydroxylation is 1. The third-order valence-corrected chi connectivity index (χ3v) is 4.77. The van der Waals surface area contributed by atoms with Gasteiger partial charge in [-0.2, -0.15) is 0 Å². The summed E-state index contributed by atoms with van der Waals surface area (Å²) in [6.07, 6.45) is 0. The molecular formula is C18H18ClN3O5S. The SMILES string of the molecule is COc1ccc(NC(=O)CSCC(=O)Nc2ccc(Cl)cc2C)c([N+](=O)[O-])c1. The van der Waals surface area contributed by atoms with Crippen molar-refractivity contribution in [2.75, 3.05) is 29.2 Å². The first-order valence-corrected chi connectivity index (χ1v) is 9.59. The monoisotopic (exact) mass is 423 g/mol. The molecule has 0 heterocycles. The van der Waals surface area contributed by atoms with Crippen LogP contribution in [0.15, 0.2) is 36.4 Å². The second kappa shape index (κ2) is 9.95. The third kappa shape index (κ3) is 6.14. The number of methoxy groups -OCH3 is 1. The molecule has 0 aromatic heterocycles. The lowest BCUT2D eigenvalue weighted by Gasteiger charge is -2.09. The highest BCUT2D eigenvalue weighted by Crippen LogP contribution is 2.29. The second-order valence-electron chi connectivity index (χ2n) is 5.69. The molecule has 0 aliphatic carbocycles. The number of carbonyl (C=O) groups is 2. The Kier molecular flexibility index (Phi) is 7.65. The van der Waals surface area contributed by atoms with E-state index in [1.165, 1.54) is 25.3 Å². The first kappa shape index (κ1) is 21.5. The van der Waals surface area contributed by atoms with Crippen LogP contribution in [0.2, 0.25) is 5.02 Å². The number of carbonyl (C=O) groups excluding carboxylic acids is 2. The maximum Gasteiger partial charge on any atom is 0.296 e. The van der Waals surface area contributed by atoms with Gasteiger partial charge in [0.15, 0.2) is 0 Å². The van der Waals surface area contributed by atoms with Gasteiger partial charge in [0.1, 0.15) is 11.4 Å². The average Bonchev–Trinajstić information content (AvgIpc) is 2.64. The predicted molar refractivity (Wildman–Crippen MR) is 110 cm³/mol. The summed E-state index contributed by atoms with van der Waals surface area (Å²) in [4.78, 5) is 34.6. The Balaban J connectivity index is 1.86. The number of rotatable bonds is 8. The molecule has 2 amide bonds. The lowest BCUT2D eigenvalue weighted by atomic mass is 10.2. The highest BCUT2D eigenvalue weighted by atomic mass is 35.5. The van der Waals surface area contributed by atoms with Crippen LogP contribution >= 0.6 is 23.4 Å². The zero-order valence-electron chi connectivity index (χ0n) is 15.2. The van der Waals surface area contributed by atoms with E-state index in [0.29, 0.717) is 16.5 Å². The summed E-state index contributed by atoms with van der Waals surface area (Å²) in [5.41, 5.74) is 1.27. The van der Waals surface area contributed by atoms with E-state index in [2.05, 4.69) is 10.6 Å². The highest BCUT2D eigenvalue weighted by Gasteiger charge is 2.17. The zero-order chi connectivity index (χ0) is 20.7. The van der Waals surface area contributed by atoms with Crippen LogP contribution in [0.1, 0.15) is 5.56 Å². The summed E-state index contributed by atoms with van der Waals surface area (Å²) >= 11 is 6.97. The van der Waals surface area contributed by atoms with Crippen molar-refractivity contribution in [3.63, 3.8) is 0 Å². The number of ether oxygens (including phenoxy) is 1. The van der Waals surface area contributed by atoms with Crippen molar-refractivity contribution in [1.82, 2.24) is 0 Å². The molecule has 0 atom stereocenters. The van der Waals surface area contributed by atoms with Gasteiger partial charge in [-0.15, -0.1) is 11.8 Å². The van der Waals surface area contributed by atoms with E-state index in [-0.39, 0.29) is 28.8 Å². The number of hydrogen-bond donors (Lipinski definition) is 2. The molecule has 0 radical (unpaired) electrons. The second-order valence-corrected chi connectivity index (χ2v) is 7.11. The summed E-state index contributed by atoms with van der Waals surface area (Å²) < 4.78 is 4.95. The molecule has 148 valence electrons. The van der Waals surface area contributed by atoms with E-state index in [9.17, 15) is 19.7 Å². The van der Waals surface area contributed by atoms with E-state index in [1.54, 1.807) is 18.2 Å². The average molecular weight is 424 g/mol. The number of halogens is 1. The molecule has 8 nitrogen and oxygen atoms in total. The molecule has 2 rings (SSSR count). The number of thioether (sulfide) groups is 1. The number of benzene rings is 2. The Bertz CT molecular complexity index is 907. The summed E-state index contributed by atoms with van der Waals surface area (Å²) in [6.45, 7) is 1.82. The first-order chi connectivity index (χ1) is 13.3. The van der Waals surface area contributed by atoms with E-state index in [1.807, 2.05) is 6.92 Å². The Morgan fingerprint density at radius 1 is 1.11 bits per heavy atom. The van der Waals surface area contributed by atoms with E-state index in [0.717, 1.165) is 17.3 Å². The molecule has 0 bridgehead atoms. The molecule has 0 spiro atoms. The van der Waals surface area contributed by atoms with Gasteiger partial charge in [-0.05, 0) is 42.8 Å². The maximum absolute atomic E-state index is 12.0.